The number of benzene rings is 2. The molecule has 0 saturated heterocycles. The summed E-state index contributed by atoms with van der Waals surface area (Å²) in [6, 6.07) is 18.3. The molecule has 2 rings (SSSR count). The molecule has 2 aromatic rings. The van der Waals surface area contributed by atoms with E-state index >= 15 is 0 Å². The standard InChI is InChI=1S/C13H12O.CH4/c1-14-13-9-5-8-12(10-13)11-6-3-2-4-7-11;/h2-10H,1H3;1H4. The minimum absolute atomic E-state index is 0. The van der Waals surface area contributed by atoms with Crippen LogP contribution in [-0.2, 0) is 0 Å². The molecule has 0 bridgehead atoms. The molecule has 1 heteroatoms. The maximum Gasteiger partial charge on any atom is 0.119 e. The van der Waals surface area contributed by atoms with E-state index in [9.17, 15) is 0 Å². The zero-order valence-electron chi connectivity index (χ0n) is 8.10. The molecule has 0 N–H and O–H groups in total. The van der Waals surface area contributed by atoms with Crippen LogP contribution in [0.3, 0.4) is 0 Å². The minimum atomic E-state index is 0. The average Bonchev–Trinajstić information content (AvgIpc) is 2.30. The van der Waals surface area contributed by atoms with E-state index < -0.39 is 0 Å². The quantitative estimate of drug-likeness (QED) is 0.712. The predicted molar refractivity (Wildman–Crippen MR) is 65.2 cm³/mol. The molecule has 0 aliphatic heterocycles. The topological polar surface area (TPSA) is 9.23 Å². The van der Waals surface area contributed by atoms with Gasteiger partial charge in [-0.3, -0.25) is 0 Å². The summed E-state index contributed by atoms with van der Waals surface area (Å²) in [7, 11) is 1.68. The van der Waals surface area contributed by atoms with Gasteiger partial charge in [-0.1, -0.05) is 49.9 Å². The molecule has 0 aliphatic rings. The van der Waals surface area contributed by atoms with Crippen molar-refractivity contribution >= 4 is 0 Å². The molecule has 78 valence electrons. The highest BCUT2D eigenvalue weighted by atomic mass is 16.5. The molecule has 0 aromatic heterocycles. The number of hydrogen-bond acceptors (Lipinski definition) is 1. The molecular formula is C14H16O. The normalized spacial score (nSPS) is 9.13. The smallest absolute Gasteiger partial charge is 0.119 e. The van der Waals surface area contributed by atoms with Crippen LogP contribution < -0.4 is 4.74 Å². The van der Waals surface area contributed by atoms with Crippen molar-refractivity contribution < 1.29 is 4.74 Å². The molecule has 1 nitrogen and oxygen atoms in total. The molecule has 2 aromatic carbocycles. The Hall–Kier alpha value is -1.76. The van der Waals surface area contributed by atoms with Gasteiger partial charge in [-0.2, -0.15) is 0 Å². The molecule has 0 fully saturated rings. The Kier molecular flexibility index (Phi) is 3.92. The summed E-state index contributed by atoms with van der Waals surface area (Å²) in [6.07, 6.45) is 0. The van der Waals surface area contributed by atoms with Crippen molar-refractivity contribution in [1.82, 2.24) is 0 Å². The fraction of sp³-hybridized carbons (Fsp3) is 0.143. The van der Waals surface area contributed by atoms with E-state index in [1.807, 2.05) is 36.4 Å². The summed E-state index contributed by atoms with van der Waals surface area (Å²) in [5.74, 6) is 0.895. The maximum absolute atomic E-state index is 5.18. The van der Waals surface area contributed by atoms with Gasteiger partial charge in [0.25, 0.3) is 0 Å². The van der Waals surface area contributed by atoms with Crippen LogP contribution in [0.15, 0.2) is 54.6 Å². The van der Waals surface area contributed by atoms with Gasteiger partial charge in [-0.25, -0.2) is 0 Å². The Bertz CT molecular complexity index is 407. The Morgan fingerprint density at radius 2 is 1.47 bits per heavy atom. The summed E-state index contributed by atoms with van der Waals surface area (Å²) in [4.78, 5) is 0. The third kappa shape index (κ3) is 2.59. The number of hydrogen-bond donors (Lipinski definition) is 0. The van der Waals surface area contributed by atoms with Crippen LogP contribution in [0.2, 0.25) is 0 Å². The van der Waals surface area contributed by atoms with Crippen LogP contribution in [0.25, 0.3) is 11.1 Å². The molecule has 0 spiro atoms. The summed E-state index contributed by atoms with van der Waals surface area (Å²) >= 11 is 0. The van der Waals surface area contributed by atoms with E-state index in [-0.39, 0.29) is 7.43 Å². The van der Waals surface area contributed by atoms with Crippen molar-refractivity contribution in [2.75, 3.05) is 7.11 Å². The second kappa shape index (κ2) is 5.20. The average molecular weight is 200 g/mol. The third-order valence-corrected chi connectivity index (χ3v) is 2.18. The number of ether oxygens (including phenoxy) is 1. The van der Waals surface area contributed by atoms with Crippen LogP contribution >= 0.6 is 0 Å². The van der Waals surface area contributed by atoms with Crippen LogP contribution in [-0.4, -0.2) is 7.11 Å². The molecule has 0 radical (unpaired) electrons. The van der Waals surface area contributed by atoms with E-state index in [2.05, 4.69) is 18.2 Å². The zero-order valence-corrected chi connectivity index (χ0v) is 8.10. The van der Waals surface area contributed by atoms with Gasteiger partial charge in [-0.15, -0.1) is 0 Å². The predicted octanol–water partition coefficient (Wildman–Crippen LogP) is 4.00. The van der Waals surface area contributed by atoms with Gasteiger partial charge in [0.15, 0.2) is 0 Å². The van der Waals surface area contributed by atoms with Gasteiger partial charge < -0.3 is 4.74 Å². The van der Waals surface area contributed by atoms with Crippen molar-refractivity contribution in [3.63, 3.8) is 0 Å². The first-order valence-corrected chi connectivity index (χ1v) is 4.59. The van der Waals surface area contributed by atoms with E-state index in [4.69, 9.17) is 4.74 Å². The lowest BCUT2D eigenvalue weighted by Crippen LogP contribution is -1.83. The summed E-state index contributed by atoms with van der Waals surface area (Å²) in [6.45, 7) is 0. The third-order valence-electron chi connectivity index (χ3n) is 2.18. The Morgan fingerprint density at radius 3 is 2.13 bits per heavy atom. The van der Waals surface area contributed by atoms with Gasteiger partial charge in [0, 0.05) is 0 Å². The lowest BCUT2D eigenvalue weighted by atomic mass is 10.1. The molecule has 15 heavy (non-hydrogen) atoms. The SMILES string of the molecule is C.COc1cccc(-c2ccccc2)c1. The number of rotatable bonds is 2. The monoisotopic (exact) mass is 200 g/mol. The fourth-order valence-electron chi connectivity index (χ4n) is 1.43. The highest BCUT2D eigenvalue weighted by molar-refractivity contribution is 5.64. The zero-order chi connectivity index (χ0) is 9.80. The molecule has 0 amide bonds. The fourth-order valence-corrected chi connectivity index (χ4v) is 1.43. The Morgan fingerprint density at radius 1 is 0.800 bits per heavy atom. The van der Waals surface area contributed by atoms with Crippen molar-refractivity contribution in [1.29, 1.82) is 0 Å². The molecule has 0 unspecified atom stereocenters. The van der Waals surface area contributed by atoms with Gasteiger partial charge in [0.05, 0.1) is 7.11 Å². The van der Waals surface area contributed by atoms with Crippen molar-refractivity contribution in [3.05, 3.63) is 54.6 Å². The summed E-state index contributed by atoms with van der Waals surface area (Å²) in [5, 5.41) is 0. The minimum Gasteiger partial charge on any atom is -0.497 e. The first kappa shape index (κ1) is 11.3. The highest BCUT2D eigenvalue weighted by Crippen LogP contribution is 2.22. The molecule has 0 aliphatic carbocycles. The Labute approximate surface area is 91.3 Å². The molecule has 0 saturated carbocycles. The van der Waals surface area contributed by atoms with Crippen molar-refractivity contribution in [2.24, 2.45) is 0 Å². The van der Waals surface area contributed by atoms with Gasteiger partial charge in [0.1, 0.15) is 5.75 Å². The first-order chi connectivity index (χ1) is 6.90. The van der Waals surface area contributed by atoms with E-state index in [0.29, 0.717) is 0 Å². The first-order valence-electron chi connectivity index (χ1n) is 4.59. The summed E-state index contributed by atoms with van der Waals surface area (Å²) in [5.41, 5.74) is 2.40. The molecular weight excluding hydrogens is 184 g/mol. The molecule has 0 heterocycles. The van der Waals surface area contributed by atoms with Gasteiger partial charge in [-0.05, 0) is 23.3 Å². The summed E-state index contributed by atoms with van der Waals surface area (Å²) < 4.78 is 5.18. The van der Waals surface area contributed by atoms with Crippen molar-refractivity contribution in [2.45, 2.75) is 7.43 Å². The lowest BCUT2D eigenvalue weighted by molar-refractivity contribution is 0.415. The second-order valence-corrected chi connectivity index (χ2v) is 3.10. The second-order valence-electron chi connectivity index (χ2n) is 3.10. The van der Waals surface area contributed by atoms with Crippen molar-refractivity contribution in [3.8, 4) is 16.9 Å². The highest BCUT2D eigenvalue weighted by Gasteiger charge is 1.97. The largest absolute Gasteiger partial charge is 0.497 e. The maximum atomic E-state index is 5.18. The molecule has 0 atom stereocenters. The van der Waals surface area contributed by atoms with E-state index in [1.54, 1.807) is 7.11 Å². The van der Waals surface area contributed by atoms with Crippen LogP contribution in [0.1, 0.15) is 7.43 Å². The van der Waals surface area contributed by atoms with Crippen LogP contribution in [0.4, 0.5) is 0 Å². The number of methoxy groups -OCH3 is 1. The van der Waals surface area contributed by atoms with Gasteiger partial charge in [0.2, 0.25) is 0 Å². The Balaban J connectivity index is 0.00000112. The van der Waals surface area contributed by atoms with E-state index in [1.165, 1.54) is 11.1 Å². The van der Waals surface area contributed by atoms with Crippen LogP contribution in [0, 0.1) is 0 Å². The van der Waals surface area contributed by atoms with E-state index in [0.717, 1.165) is 5.75 Å². The lowest BCUT2D eigenvalue weighted by Gasteiger charge is -2.03. The van der Waals surface area contributed by atoms with Crippen LogP contribution in [0.5, 0.6) is 5.75 Å². The van der Waals surface area contributed by atoms with Gasteiger partial charge >= 0.3 is 0 Å².